The Labute approximate surface area is 165 Å². The van der Waals surface area contributed by atoms with E-state index >= 15 is 0 Å². The van der Waals surface area contributed by atoms with Crippen LogP contribution in [0.3, 0.4) is 0 Å². The fraction of sp³-hybridized carbons (Fsp3) is 0.238. The summed E-state index contributed by atoms with van der Waals surface area (Å²) in [6.45, 7) is -1.38. The molecule has 5 nitrogen and oxygen atoms in total. The number of nitrogens with one attached hydrogen (secondary N) is 1. The number of amides is 1. The Hall–Kier alpha value is -3.29. The van der Waals surface area contributed by atoms with Gasteiger partial charge in [0.1, 0.15) is 17.3 Å². The smallest absolute Gasteiger partial charge is 0.387 e. The number of para-hydroxylation sites is 1. The number of hydrogen-bond acceptors (Lipinski definition) is 3. The van der Waals surface area contributed by atoms with Gasteiger partial charge in [0.25, 0.3) is 5.91 Å². The quantitative estimate of drug-likeness (QED) is 0.676. The van der Waals surface area contributed by atoms with Gasteiger partial charge >= 0.3 is 6.61 Å². The molecular formula is C21H18F3N3O2. The molecule has 0 aliphatic heterocycles. The molecule has 0 saturated heterocycles. The van der Waals surface area contributed by atoms with E-state index in [1.165, 1.54) is 22.9 Å². The minimum Gasteiger partial charge on any atom is -0.434 e. The van der Waals surface area contributed by atoms with E-state index < -0.39 is 18.3 Å². The molecule has 2 aromatic carbocycles. The van der Waals surface area contributed by atoms with Gasteiger partial charge in [-0.3, -0.25) is 4.79 Å². The Morgan fingerprint density at radius 3 is 2.72 bits per heavy atom. The van der Waals surface area contributed by atoms with E-state index in [1.54, 1.807) is 31.2 Å². The summed E-state index contributed by atoms with van der Waals surface area (Å²) in [5.41, 5.74) is 2.82. The van der Waals surface area contributed by atoms with Crippen molar-refractivity contribution in [3.8, 4) is 11.4 Å². The maximum Gasteiger partial charge on any atom is 0.387 e. The van der Waals surface area contributed by atoms with Crippen molar-refractivity contribution < 1.29 is 22.7 Å². The lowest BCUT2D eigenvalue weighted by Gasteiger charge is -2.12. The molecule has 29 heavy (non-hydrogen) atoms. The van der Waals surface area contributed by atoms with Gasteiger partial charge in [-0.05, 0) is 50.5 Å². The first-order chi connectivity index (χ1) is 14.0. The highest BCUT2D eigenvalue weighted by Crippen LogP contribution is 2.31. The number of aromatic nitrogens is 2. The third kappa shape index (κ3) is 3.57. The van der Waals surface area contributed by atoms with Gasteiger partial charge < -0.3 is 10.1 Å². The second-order valence-electron chi connectivity index (χ2n) is 6.75. The van der Waals surface area contributed by atoms with E-state index in [-0.39, 0.29) is 17.1 Å². The van der Waals surface area contributed by atoms with E-state index in [0.29, 0.717) is 24.1 Å². The van der Waals surface area contributed by atoms with Crippen LogP contribution in [0.4, 0.5) is 18.9 Å². The van der Waals surface area contributed by atoms with Gasteiger partial charge in [0, 0.05) is 22.5 Å². The highest BCUT2D eigenvalue weighted by molar-refractivity contribution is 6.04. The largest absolute Gasteiger partial charge is 0.434 e. The van der Waals surface area contributed by atoms with E-state index in [4.69, 9.17) is 0 Å². The average Bonchev–Trinajstić information content (AvgIpc) is 3.28. The lowest BCUT2D eigenvalue weighted by molar-refractivity contribution is -0.0502. The number of carbonyl (C=O) groups is 1. The first kappa shape index (κ1) is 19.0. The Bertz CT molecular complexity index is 1080. The molecule has 0 atom stereocenters. The molecule has 1 heterocycles. The van der Waals surface area contributed by atoms with Gasteiger partial charge in [-0.2, -0.15) is 13.9 Å². The highest BCUT2D eigenvalue weighted by atomic mass is 19.3. The van der Waals surface area contributed by atoms with Gasteiger partial charge in [0.2, 0.25) is 0 Å². The predicted molar refractivity (Wildman–Crippen MR) is 101 cm³/mol. The van der Waals surface area contributed by atoms with Crippen molar-refractivity contribution in [3.63, 3.8) is 0 Å². The van der Waals surface area contributed by atoms with Gasteiger partial charge in [0.15, 0.2) is 5.69 Å². The molecule has 1 aliphatic carbocycles. The summed E-state index contributed by atoms with van der Waals surface area (Å²) in [6.07, 6.45) is 2.21. The SMILES string of the molecule is Cc1c(NC(=O)c2nn(-c3ccccc3F)c3c2CCC3)cccc1OC(F)F. The van der Waals surface area contributed by atoms with Crippen molar-refractivity contribution in [3.05, 3.63) is 70.8 Å². The third-order valence-corrected chi connectivity index (χ3v) is 4.97. The Kier molecular flexibility index (Phi) is 5.00. The number of alkyl halides is 2. The molecule has 0 saturated carbocycles. The van der Waals surface area contributed by atoms with Crippen molar-refractivity contribution in [2.24, 2.45) is 0 Å². The van der Waals surface area contributed by atoms with Crippen molar-refractivity contribution in [2.45, 2.75) is 32.8 Å². The van der Waals surface area contributed by atoms with E-state index in [1.807, 2.05) is 0 Å². The summed E-state index contributed by atoms with van der Waals surface area (Å²) < 4.78 is 45.3. The molecule has 1 aromatic heterocycles. The van der Waals surface area contributed by atoms with Crippen molar-refractivity contribution in [1.82, 2.24) is 9.78 Å². The van der Waals surface area contributed by atoms with Crippen LogP contribution in [0, 0.1) is 12.7 Å². The molecule has 4 rings (SSSR count). The number of rotatable bonds is 5. The third-order valence-electron chi connectivity index (χ3n) is 4.97. The lowest BCUT2D eigenvalue weighted by Crippen LogP contribution is -2.16. The average molecular weight is 401 g/mol. The van der Waals surface area contributed by atoms with Gasteiger partial charge in [0.05, 0.1) is 0 Å². The van der Waals surface area contributed by atoms with Crippen LogP contribution in [-0.2, 0) is 12.8 Å². The van der Waals surface area contributed by atoms with E-state index in [2.05, 4.69) is 15.2 Å². The summed E-state index contributed by atoms with van der Waals surface area (Å²) in [6, 6.07) is 10.8. The molecular weight excluding hydrogens is 383 g/mol. The topological polar surface area (TPSA) is 56.2 Å². The Morgan fingerprint density at radius 1 is 1.17 bits per heavy atom. The summed E-state index contributed by atoms with van der Waals surface area (Å²) in [7, 11) is 0. The van der Waals surface area contributed by atoms with Crippen LogP contribution >= 0.6 is 0 Å². The molecule has 3 aromatic rings. The monoisotopic (exact) mass is 401 g/mol. The number of hydrogen-bond donors (Lipinski definition) is 1. The van der Waals surface area contributed by atoms with Crippen LogP contribution in [0.5, 0.6) is 5.75 Å². The van der Waals surface area contributed by atoms with E-state index in [0.717, 1.165) is 17.7 Å². The zero-order valence-electron chi connectivity index (χ0n) is 15.6. The molecule has 1 N–H and O–H groups in total. The van der Waals surface area contributed by atoms with Crippen LogP contribution in [0.1, 0.15) is 33.7 Å². The minimum atomic E-state index is -2.96. The van der Waals surface area contributed by atoms with Crippen LogP contribution < -0.4 is 10.1 Å². The number of fused-ring (bicyclic) bond motifs is 1. The van der Waals surface area contributed by atoms with Gasteiger partial charge in [-0.25, -0.2) is 9.07 Å². The summed E-state index contributed by atoms with van der Waals surface area (Å²) in [4.78, 5) is 12.9. The molecule has 0 radical (unpaired) electrons. The number of benzene rings is 2. The van der Waals surface area contributed by atoms with Crippen molar-refractivity contribution in [2.75, 3.05) is 5.32 Å². The zero-order chi connectivity index (χ0) is 20.5. The van der Waals surface area contributed by atoms with Gasteiger partial charge in [-0.1, -0.05) is 18.2 Å². The molecule has 0 unspecified atom stereocenters. The van der Waals surface area contributed by atoms with Crippen LogP contribution in [0.15, 0.2) is 42.5 Å². The predicted octanol–water partition coefficient (Wildman–Crippen LogP) is 4.66. The Morgan fingerprint density at radius 2 is 1.97 bits per heavy atom. The fourth-order valence-corrected chi connectivity index (χ4v) is 3.60. The normalized spacial score (nSPS) is 12.9. The zero-order valence-corrected chi connectivity index (χ0v) is 15.6. The summed E-state index contributed by atoms with van der Waals surface area (Å²) >= 11 is 0. The molecule has 1 aliphatic rings. The van der Waals surface area contributed by atoms with Crippen molar-refractivity contribution >= 4 is 11.6 Å². The van der Waals surface area contributed by atoms with Gasteiger partial charge in [-0.15, -0.1) is 0 Å². The number of halogens is 3. The molecule has 0 spiro atoms. The maximum absolute atomic E-state index is 14.3. The first-order valence-corrected chi connectivity index (χ1v) is 9.17. The second-order valence-corrected chi connectivity index (χ2v) is 6.75. The molecule has 8 heteroatoms. The number of nitrogens with zero attached hydrogens (tertiary/aromatic N) is 2. The number of ether oxygens (including phenoxy) is 1. The first-order valence-electron chi connectivity index (χ1n) is 9.17. The molecule has 0 fully saturated rings. The second kappa shape index (κ2) is 7.62. The molecule has 1 amide bonds. The molecule has 0 bridgehead atoms. The summed E-state index contributed by atoms with van der Waals surface area (Å²) in [5.74, 6) is -0.917. The van der Waals surface area contributed by atoms with E-state index in [9.17, 15) is 18.0 Å². The van der Waals surface area contributed by atoms with Crippen molar-refractivity contribution in [1.29, 1.82) is 0 Å². The number of carbonyl (C=O) groups excluding carboxylic acids is 1. The summed E-state index contributed by atoms with van der Waals surface area (Å²) in [5, 5.41) is 7.09. The standard InChI is InChI=1S/C21H18F3N3O2/c1-12-15(8-5-11-18(12)29-21(23)24)25-20(28)19-13-6-4-10-16(13)27(26-19)17-9-3-2-7-14(17)22/h2-3,5,7-9,11,21H,4,6,10H2,1H3,(H,25,28). The maximum atomic E-state index is 14.3. The van der Waals surface area contributed by atoms with Crippen LogP contribution in [-0.4, -0.2) is 22.3 Å². The number of anilines is 1. The highest BCUT2D eigenvalue weighted by Gasteiger charge is 2.28. The fourth-order valence-electron chi connectivity index (χ4n) is 3.60. The molecule has 150 valence electrons. The Balaban J connectivity index is 1.68. The van der Waals surface area contributed by atoms with Crippen LogP contribution in [0.2, 0.25) is 0 Å². The lowest BCUT2D eigenvalue weighted by atomic mass is 10.1. The van der Waals surface area contributed by atoms with Crippen LogP contribution in [0.25, 0.3) is 5.69 Å². The minimum absolute atomic E-state index is 0.0140.